The predicted octanol–water partition coefficient (Wildman–Crippen LogP) is 2.49. The highest BCUT2D eigenvalue weighted by atomic mass is 79.9. The SMILES string of the molecule is Cc1ccc(S(=O)(=O)N2CCNCC2c2cccnc2)cc1Br. The number of nitrogens with zero attached hydrogens (tertiary/aromatic N) is 2. The second-order valence-corrected chi connectivity index (χ2v) is 8.28. The average molecular weight is 396 g/mol. The summed E-state index contributed by atoms with van der Waals surface area (Å²) in [6.45, 7) is 3.60. The summed E-state index contributed by atoms with van der Waals surface area (Å²) in [6.07, 6.45) is 3.42. The van der Waals surface area contributed by atoms with Crippen molar-refractivity contribution in [2.24, 2.45) is 0 Å². The maximum absolute atomic E-state index is 13.1. The van der Waals surface area contributed by atoms with Gasteiger partial charge >= 0.3 is 0 Å². The Morgan fingerprint density at radius 3 is 2.87 bits per heavy atom. The van der Waals surface area contributed by atoms with Crippen LogP contribution in [0.3, 0.4) is 0 Å². The number of pyridine rings is 1. The van der Waals surface area contributed by atoms with Crippen LogP contribution in [-0.4, -0.2) is 37.3 Å². The molecule has 0 spiro atoms. The molecule has 122 valence electrons. The first-order valence-corrected chi connectivity index (χ1v) is 9.62. The molecule has 1 aliphatic heterocycles. The van der Waals surface area contributed by atoms with E-state index in [1.165, 1.54) is 0 Å². The van der Waals surface area contributed by atoms with E-state index in [1.807, 2.05) is 25.1 Å². The normalized spacial score (nSPS) is 19.7. The van der Waals surface area contributed by atoms with Gasteiger partial charge in [-0.05, 0) is 36.2 Å². The molecule has 1 unspecified atom stereocenters. The van der Waals surface area contributed by atoms with Gasteiger partial charge in [0.1, 0.15) is 0 Å². The molecule has 0 amide bonds. The lowest BCUT2D eigenvalue weighted by Gasteiger charge is -2.35. The molecule has 1 aromatic carbocycles. The van der Waals surface area contributed by atoms with E-state index in [2.05, 4.69) is 26.2 Å². The van der Waals surface area contributed by atoms with E-state index in [9.17, 15) is 8.42 Å². The standard InChI is InChI=1S/C16H18BrN3O2S/c1-12-4-5-14(9-15(12)17)23(21,22)20-8-7-19-11-16(20)13-3-2-6-18-10-13/h2-6,9-10,16,19H,7-8,11H2,1H3. The first-order chi connectivity index (χ1) is 11.0. The maximum Gasteiger partial charge on any atom is 0.243 e. The van der Waals surface area contributed by atoms with Gasteiger partial charge in [-0.25, -0.2) is 8.42 Å². The lowest BCUT2D eigenvalue weighted by Crippen LogP contribution is -2.48. The summed E-state index contributed by atoms with van der Waals surface area (Å²) in [5.74, 6) is 0. The molecule has 1 fully saturated rings. The Morgan fingerprint density at radius 1 is 1.35 bits per heavy atom. The van der Waals surface area contributed by atoms with Gasteiger partial charge in [0.05, 0.1) is 10.9 Å². The smallest absolute Gasteiger partial charge is 0.243 e. The fraction of sp³-hybridized carbons (Fsp3) is 0.312. The number of piperazine rings is 1. The van der Waals surface area contributed by atoms with Crippen LogP contribution in [0.5, 0.6) is 0 Å². The molecule has 0 aliphatic carbocycles. The molecule has 0 bridgehead atoms. The number of sulfonamides is 1. The third kappa shape index (κ3) is 3.33. The van der Waals surface area contributed by atoms with E-state index in [4.69, 9.17) is 0 Å². The van der Waals surface area contributed by atoms with Crippen LogP contribution >= 0.6 is 15.9 Å². The molecule has 1 atom stereocenters. The third-order valence-corrected chi connectivity index (χ3v) is 6.77. The number of aromatic nitrogens is 1. The third-order valence-electron chi connectivity index (χ3n) is 4.01. The molecule has 3 rings (SSSR count). The number of halogens is 1. The second-order valence-electron chi connectivity index (χ2n) is 5.53. The van der Waals surface area contributed by atoms with Crippen LogP contribution in [0.2, 0.25) is 0 Å². The number of aryl methyl sites for hydroxylation is 1. The number of benzene rings is 1. The molecule has 7 heteroatoms. The monoisotopic (exact) mass is 395 g/mol. The molecule has 0 radical (unpaired) electrons. The Balaban J connectivity index is 2.00. The molecule has 1 N–H and O–H groups in total. The Labute approximate surface area is 144 Å². The largest absolute Gasteiger partial charge is 0.313 e. The van der Waals surface area contributed by atoms with Gasteiger partial charge < -0.3 is 5.32 Å². The van der Waals surface area contributed by atoms with Crippen molar-refractivity contribution in [2.45, 2.75) is 17.9 Å². The van der Waals surface area contributed by atoms with Gasteiger partial charge in [-0.2, -0.15) is 4.31 Å². The van der Waals surface area contributed by atoms with Crippen molar-refractivity contribution in [3.8, 4) is 0 Å². The average Bonchev–Trinajstić information content (AvgIpc) is 2.58. The molecule has 2 aromatic rings. The van der Waals surface area contributed by atoms with E-state index in [0.29, 0.717) is 24.5 Å². The van der Waals surface area contributed by atoms with E-state index in [1.54, 1.807) is 28.8 Å². The first kappa shape index (κ1) is 16.6. The summed E-state index contributed by atoms with van der Waals surface area (Å²) in [5, 5.41) is 3.26. The number of hydrogen-bond acceptors (Lipinski definition) is 4. The molecule has 5 nitrogen and oxygen atoms in total. The van der Waals surface area contributed by atoms with Crippen LogP contribution in [0.4, 0.5) is 0 Å². The number of hydrogen-bond donors (Lipinski definition) is 1. The van der Waals surface area contributed by atoms with Gasteiger partial charge in [0.25, 0.3) is 0 Å². The van der Waals surface area contributed by atoms with E-state index >= 15 is 0 Å². The van der Waals surface area contributed by atoms with Gasteiger partial charge in [-0.3, -0.25) is 4.98 Å². The molecule has 2 heterocycles. The summed E-state index contributed by atoms with van der Waals surface area (Å²) in [5.41, 5.74) is 1.91. The number of rotatable bonds is 3. The lowest BCUT2D eigenvalue weighted by atomic mass is 10.1. The Bertz CT molecular complexity index is 796. The summed E-state index contributed by atoms with van der Waals surface area (Å²) in [6, 6.07) is 8.65. The molecule has 1 aromatic heterocycles. The topological polar surface area (TPSA) is 62.3 Å². The van der Waals surface area contributed by atoms with E-state index in [0.717, 1.165) is 15.6 Å². The highest BCUT2D eigenvalue weighted by molar-refractivity contribution is 9.10. The van der Waals surface area contributed by atoms with Crippen molar-refractivity contribution in [1.82, 2.24) is 14.6 Å². The molecular formula is C16H18BrN3O2S. The molecule has 0 saturated carbocycles. The van der Waals surface area contributed by atoms with Gasteiger partial charge in [0.2, 0.25) is 10.0 Å². The Kier molecular flexibility index (Phi) is 4.82. The minimum atomic E-state index is -3.56. The minimum absolute atomic E-state index is 0.248. The highest BCUT2D eigenvalue weighted by Crippen LogP contribution is 2.30. The molecular weight excluding hydrogens is 378 g/mol. The summed E-state index contributed by atoms with van der Waals surface area (Å²) in [7, 11) is -3.56. The van der Waals surface area contributed by atoms with Crippen molar-refractivity contribution in [3.63, 3.8) is 0 Å². The Hall–Kier alpha value is -1.28. The predicted molar refractivity (Wildman–Crippen MR) is 92.6 cm³/mol. The van der Waals surface area contributed by atoms with Crippen LogP contribution in [0.25, 0.3) is 0 Å². The van der Waals surface area contributed by atoms with Crippen molar-refractivity contribution < 1.29 is 8.42 Å². The van der Waals surface area contributed by atoms with Gasteiger partial charge in [-0.1, -0.05) is 28.1 Å². The minimum Gasteiger partial charge on any atom is -0.313 e. The van der Waals surface area contributed by atoms with Crippen LogP contribution < -0.4 is 5.32 Å². The van der Waals surface area contributed by atoms with E-state index < -0.39 is 10.0 Å². The summed E-state index contributed by atoms with van der Waals surface area (Å²) < 4.78 is 28.5. The second kappa shape index (κ2) is 6.68. The zero-order chi connectivity index (χ0) is 16.4. The lowest BCUT2D eigenvalue weighted by molar-refractivity contribution is 0.271. The maximum atomic E-state index is 13.1. The fourth-order valence-electron chi connectivity index (χ4n) is 2.70. The van der Waals surface area contributed by atoms with Crippen molar-refractivity contribution in [3.05, 3.63) is 58.3 Å². The van der Waals surface area contributed by atoms with Gasteiger partial charge in [0, 0.05) is 36.5 Å². The van der Waals surface area contributed by atoms with E-state index in [-0.39, 0.29) is 6.04 Å². The van der Waals surface area contributed by atoms with Crippen LogP contribution in [0, 0.1) is 6.92 Å². The van der Waals surface area contributed by atoms with Gasteiger partial charge in [0.15, 0.2) is 0 Å². The first-order valence-electron chi connectivity index (χ1n) is 7.39. The molecule has 1 aliphatic rings. The molecule has 1 saturated heterocycles. The zero-order valence-corrected chi connectivity index (χ0v) is 15.1. The quantitative estimate of drug-likeness (QED) is 0.866. The molecule has 23 heavy (non-hydrogen) atoms. The fourth-order valence-corrected chi connectivity index (χ4v) is 4.87. The van der Waals surface area contributed by atoms with Crippen LogP contribution in [0.15, 0.2) is 52.1 Å². The number of nitrogens with one attached hydrogen (secondary N) is 1. The zero-order valence-electron chi connectivity index (χ0n) is 12.7. The summed E-state index contributed by atoms with van der Waals surface area (Å²) in [4.78, 5) is 4.43. The van der Waals surface area contributed by atoms with Crippen molar-refractivity contribution in [1.29, 1.82) is 0 Å². The van der Waals surface area contributed by atoms with Crippen molar-refractivity contribution in [2.75, 3.05) is 19.6 Å². The van der Waals surface area contributed by atoms with Crippen molar-refractivity contribution >= 4 is 26.0 Å². The van der Waals surface area contributed by atoms with Crippen LogP contribution in [-0.2, 0) is 10.0 Å². The van der Waals surface area contributed by atoms with Crippen LogP contribution in [0.1, 0.15) is 17.2 Å². The highest BCUT2D eigenvalue weighted by Gasteiger charge is 2.34. The van der Waals surface area contributed by atoms with Gasteiger partial charge in [-0.15, -0.1) is 0 Å². The Morgan fingerprint density at radius 2 is 2.17 bits per heavy atom. The summed E-state index contributed by atoms with van der Waals surface area (Å²) >= 11 is 3.42.